The zero-order valence-electron chi connectivity index (χ0n) is 11.7. The molecule has 0 aliphatic rings. The first-order chi connectivity index (χ1) is 9.22. The number of aryl methyl sites for hydroxylation is 2. The van der Waals surface area contributed by atoms with E-state index in [4.69, 9.17) is 0 Å². The minimum atomic E-state index is 0.774. The molecule has 4 nitrogen and oxygen atoms in total. The molecule has 0 spiro atoms. The fraction of sp³-hybridized carbons (Fsp3) is 0.333. The van der Waals surface area contributed by atoms with Gasteiger partial charge in [-0.3, -0.25) is 0 Å². The molecule has 0 saturated heterocycles. The van der Waals surface area contributed by atoms with Gasteiger partial charge in [0.25, 0.3) is 0 Å². The molecule has 0 saturated carbocycles. The van der Waals surface area contributed by atoms with Crippen LogP contribution in [0.25, 0.3) is 0 Å². The molecule has 0 aliphatic carbocycles. The van der Waals surface area contributed by atoms with E-state index in [1.165, 1.54) is 11.1 Å². The monoisotopic (exact) mass is 256 g/mol. The Hall–Kier alpha value is -2.10. The van der Waals surface area contributed by atoms with Gasteiger partial charge in [-0.1, -0.05) is 31.2 Å². The summed E-state index contributed by atoms with van der Waals surface area (Å²) < 4.78 is 0. The summed E-state index contributed by atoms with van der Waals surface area (Å²) in [6, 6.07) is 10.3. The van der Waals surface area contributed by atoms with Crippen molar-refractivity contribution in [3.8, 4) is 0 Å². The predicted molar refractivity (Wildman–Crippen MR) is 79.5 cm³/mol. The molecular weight excluding hydrogens is 236 g/mol. The highest BCUT2D eigenvalue weighted by atomic mass is 15.1. The van der Waals surface area contributed by atoms with E-state index >= 15 is 0 Å². The highest BCUT2D eigenvalue weighted by molar-refractivity contribution is 5.47. The molecule has 2 N–H and O–H groups in total. The Balaban J connectivity index is 2.13. The van der Waals surface area contributed by atoms with Crippen LogP contribution in [0.3, 0.4) is 0 Å². The Kier molecular flexibility index (Phi) is 4.34. The lowest BCUT2D eigenvalue weighted by molar-refractivity contribution is 0.933. The maximum absolute atomic E-state index is 4.48. The van der Waals surface area contributed by atoms with Crippen molar-refractivity contribution in [1.82, 2.24) is 9.97 Å². The molecule has 2 rings (SSSR count). The number of benzene rings is 1. The van der Waals surface area contributed by atoms with Crippen molar-refractivity contribution in [3.05, 3.63) is 47.3 Å². The van der Waals surface area contributed by atoms with Crippen molar-refractivity contribution in [2.75, 3.05) is 17.7 Å². The first-order valence-electron chi connectivity index (χ1n) is 6.57. The number of nitrogens with one attached hydrogen (secondary N) is 2. The van der Waals surface area contributed by atoms with Crippen molar-refractivity contribution in [1.29, 1.82) is 0 Å². The lowest BCUT2D eigenvalue weighted by Crippen LogP contribution is -2.07. The first kappa shape index (κ1) is 13.3. The van der Waals surface area contributed by atoms with Gasteiger partial charge in [-0.2, -0.15) is 0 Å². The quantitative estimate of drug-likeness (QED) is 0.863. The summed E-state index contributed by atoms with van der Waals surface area (Å²) in [4.78, 5) is 8.86. The van der Waals surface area contributed by atoms with E-state index < -0.39 is 0 Å². The Morgan fingerprint density at radius 3 is 2.53 bits per heavy atom. The lowest BCUT2D eigenvalue weighted by Gasteiger charge is -2.10. The molecule has 4 heteroatoms. The summed E-state index contributed by atoms with van der Waals surface area (Å²) >= 11 is 0. The van der Waals surface area contributed by atoms with E-state index in [2.05, 4.69) is 58.7 Å². The Morgan fingerprint density at radius 2 is 1.84 bits per heavy atom. The van der Waals surface area contributed by atoms with E-state index in [1.54, 1.807) is 0 Å². The molecule has 0 radical (unpaired) electrons. The third-order valence-corrected chi connectivity index (χ3v) is 3.07. The third-order valence-electron chi connectivity index (χ3n) is 3.07. The zero-order valence-corrected chi connectivity index (χ0v) is 11.7. The van der Waals surface area contributed by atoms with E-state index in [-0.39, 0.29) is 0 Å². The van der Waals surface area contributed by atoms with Crippen molar-refractivity contribution >= 4 is 11.6 Å². The standard InChI is InChI=1S/C15H20N4/c1-4-13-18-14(16-3)9-15(19-13)17-10-12-8-6-5-7-11(12)2/h5-9H,4,10H2,1-3H3,(H2,16,17,18,19). The third kappa shape index (κ3) is 3.44. The summed E-state index contributed by atoms with van der Waals surface area (Å²) in [6.07, 6.45) is 0.828. The summed E-state index contributed by atoms with van der Waals surface area (Å²) in [5, 5.41) is 6.42. The molecule has 19 heavy (non-hydrogen) atoms. The molecule has 0 fully saturated rings. The average Bonchev–Trinajstić information content (AvgIpc) is 2.46. The molecular formula is C15H20N4. The van der Waals surface area contributed by atoms with Crippen LogP contribution in [-0.2, 0) is 13.0 Å². The number of rotatable bonds is 5. The van der Waals surface area contributed by atoms with Gasteiger partial charge in [0.05, 0.1) is 0 Å². The van der Waals surface area contributed by atoms with Crippen molar-refractivity contribution < 1.29 is 0 Å². The minimum absolute atomic E-state index is 0.774. The van der Waals surface area contributed by atoms with Crippen molar-refractivity contribution in [2.45, 2.75) is 26.8 Å². The molecule has 1 heterocycles. The Morgan fingerprint density at radius 1 is 1.11 bits per heavy atom. The van der Waals surface area contributed by atoms with Gasteiger partial charge in [0.1, 0.15) is 17.5 Å². The van der Waals surface area contributed by atoms with Crippen LogP contribution in [-0.4, -0.2) is 17.0 Å². The van der Waals surface area contributed by atoms with Gasteiger partial charge in [-0.05, 0) is 18.1 Å². The predicted octanol–water partition coefficient (Wildman–Crippen LogP) is 3.00. The van der Waals surface area contributed by atoms with Gasteiger partial charge < -0.3 is 10.6 Å². The molecule has 0 atom stereocenters. The molecule has 0 amide bonds. The summed E-state index contributed by atoms with van der Waals surface area (Å²) in [5.41, 5.74) is 2.57. The molecule has 1 aromatic carbocycles. The summed E-state index contributed by atoms with van der Waals surface area (Å²) in [6.45, 7) is 4.95. The van der Waals surface area contributed by atoms with Gasteiger partial charge in [0, 0.05) is 26.1 Å². The van der Waals surface area contributed by atoms with E-state index in [0.717, 1.165) is 30.4 Å². The van der Waals surface area contributed by atoms with Crippen LogP contribution in [0.1, 0.15) is 23.9 Å². The van der Waals surface area contributed by atoms with Crippen molar-refractivity contribution in [2.24, 2.45) is 0 Å². The summed E-state index contributed by atoms with van der Waals surface area (Å²) in [7, 11) is 1.87. The number of hydrogen-bond acceptors (Lipinski definition) is 4. The zero-order chi connectivity index (χ0) is 13.7. The molecule has 0 bridgehead atoms. The van der Waals surface area contributed by atoms with Crippen molar-refractivity contribution in [3.63, 3.8) is 0 Å². The lowest BCUT2D eigenvalue weighted by atomic mass is 10.1. The van der Waals surface area contributed by atoms with Gasteiger partial charge in [0.15, 0.2) is 0 Å². The molecule has 1 aromatic heterocycles. The Labute approximate surface area is 114 Å². The van der Waals surface area contributed by atoms with Gasteiger partial charge in [-0.15, -0.1) is 0 Å². The van der Waals surface area contributed by atoms with Crippen LogP contribution in [0.5, 0.6) is 0 Å². The highest BCUT2D eigenvalue weighted by Gasteiger charge is 2.03. The van der Waals surface area contributed by atoms with Crippen LogP contribution < -0.4 is 10.6 Å². The molecule has 0 unspecified atom stereocenters. The van der Waals surface area contributed by atoms with Gasteiger partial charge in [-0.25, -0.2) is 9.97 Å². The van der Waals surface area contributed by atoms with Crippen LogP contribution in [0, 0.1) is 6.92 Å². The maximum atomic E-state index is 4.48. The van der Waals surface area contributed by atoms with Crippen LogP contribution in [0.2, 0.25) is 0 Å². The second-order valence-corrected chi connectivity index (χ2v) is 4.44. The van der Waals surface area contributed by atoms with Crippen LogP contribution in [0.4, 0.5) is 11.6 Å². The summed E-state index contributed by atoms with van der Waals surface area (Å²) in [5.74, 6) is 2.55. The van der Waals surface area contributed by atoms with Gasteiger partial charge in [0.2, 0.25) is 0 Å². The molecule has 100 valence electrons. The number of anilines is 2. The smallest absolute Gasteiger partial charge is 0.132 e. The SMILES string of the molecule is CCc1nc(NC)cc(NCc2ccccc2C)n1. The fourth-order valence-electron chi connectivity index (χ4n) is 1.87. The van der Waals surface area contributed by atoms with E-state index in [1.807, 2.05) is 13.1 Å². The largest absolute Gasteiger partial charge is 0.373 e. The average molecular weight is 256 g/mol. The number of nitrogens with zero attached hydrogens (tertiary/aromatic N) is 2. The number of hydrogen-bond donors (Lipinski definition) is 2. The van der Waals surface area contributed by atoms with Crippen LogP contribution >= 0.6 is 0 Å². The molecule has 0 aliphatic heterocycles. The van der Waals surface area contributed by atoms with E-state index in [0.29, 0.717) is 0 Å². The normalized spacial score (nSPS) is 10.3. The highest BCUT2D eigenvalue weighted by Crippen LogP contribution is 2.14. The minimum Gasteiger partial charge on any atom is -0.373 e. The fourth-order valence-corrected chi connectivity index (χ4v) is 1.87. The van der Waals surface area contributed by atoms with E-state index in [9.17, 15) is 0 Å². The molecule has 2 aromatic rings. The second-order valence-electron chi connectivity index (χ2n) is 4.44. The second kappa shape index (κ2) is 6.18. The van der Waals surface area contributed by atoms with Crippen LogP contribution in [0.15, 0.2) is 30.3 Å². The first-order valence-corrected chi connectivity index (χ1v) is 6.57. The Bertz CT molecular complexity index is 529. The maximum Gasteiger partial charge on any atom is 0.132 e. The van der Waals surface area contributed by atoms with Gasteiger partial charge >= 0.3 is 0 Å². The topological polar surface area (TPSA) is 49.8 Å². The number of aromatic nitrogens is 2.